The van der Waals surface area contributed by atoms with Crippen LogP contribution in [-0.4, -0.2) is 0 Å². The van der Waals surface area contributed by atoms with Gasteiger partial charge in [-0.2, -0.15) is 0 Å². The molecule has 0 heterocycles. The third-order valence-electron chi connectivity index (χ3n) is 2.91. The van der Waals surface area contributed by atoms with E-state index in [-0.39, 0.29) is 5.82 Å². The van der Waals surface area contributed by atoms with Crippen LogP contribution in [0, 0.1) is 26.6 Å². The molecule has 1 N–H and O–H groups in total. The summed E-state index contributed by atoms with van der Waals surface area (Å²) in [6, 6.07) is 11.5. The van der Waals surface area contributed by atoms with E-state index in [1.807, 2.05) is 13.0 Å². The zero-order valence-corrected chi connectivity index (χ0v) is 11.0. The summed E-state index contributed by atoms with van der Waals surface area (Å²) in [5.74, 6) is -0.155. The lowest BCUT2D eigenvalue weighted by Crippen LogP contribution is -2.02. The normalized spacial score (nSPS) is 10.4. The van der Waals surface area contributed by atoms with Crippen molar-refractivity contribution in [3.05, 3.63) is 64.5 Å². The number of hydrogen-bond donors (Lipinski definition) is 1. The lowest BCUT2D eigenvalue weighted by Gasteiger charge is -2.10. The van der Waals surface area contributed by atoms with Gasteiger partial charge in [-0.05, 0) is 50.1 Å². The smallest absolute Gasteiger partial charge is 0.128 e. The van der Waals surface area contributed by atoms with Crippen molar-refractivity contribution in [2.75, 3.05) is 5.32 Å². The van der Waals surface area contributed by atoms with Crippen molar-refractivity contribution in [3.8, 4) is 0 Å². The van der Waals surface area contributed by atoms with E-state index in [9.17, 15) is 4.39 Å². The summed E-state index contributed by atoms with van der Waals surface area (Å²) >= 11 is 0. The number of rotatable bonds is 3. The van der Waals surface area contributed by atoms with Gasteiger partial charge in [-0.25, -0.2) is 4.39 Å². The molecule has 0 atom stereocenters. The largest absolute Gasteiger partial charge is 0.381 e. The zero-order chi connectivity index (χ0) is 13.1. The number of anilines is 1. The molecule has 0 fully saturated rings. The summed E-state index contributed by atoms with van der Waals surface area (Å²) in [6.07, 6.45) is 0. The Morgan fingerprint density at radius 3 is 2.22 bits per heavy atom. The fourth-order valence-electron chi connectivity index (χ4n) is 2.11. The lowest BCUT2D eigenvalue weighted by atomic mass is 10.1. The summed E-state index contributed by atoms with van der Waals surface area (Å²) in [6.45, 7) is 6.60. The first kappa shape index (κ1) is 12.6. The molecule has 0 aliphatic carbocycles. The van der Waals surface area contributed by atoms with Crippen molar-refractivity contribution in [1.82, 2.24) is 0 Å². The Hall–Kier alpha value is -1.83. The van der Waals surface area contributed by atoms with E-state index >= 15 is 0 Å². The molecule has 0 radical (unpaired) electrons. The molecule has 0 saturated carbocycles. The van der Waals surface area contributed by atoms with Crippen LogP contribution in [0.1, 0.15) is 22.3 Å². The fraction of sp³-hybridized carbons (Fsp3) is 0.250. The second kappa shape index (κ2) is 5.21. The van der Waals surface area contributed by atoms with E-state index in [0.717, 1.165) is 11.3 Å². The lowest BCUT2D eigenvalue weighted by molar-refractivity contribution is 0.612. The Morgan fingerprint density at radius 1 is 0.889 bits per heavy atom. The van der Waals surface area contributed by atoms with Crippen molar-refractivity contribution in [2.24, 2.45) is 0 Å². The molecule has 1 nitrogen and oxygen atoms in total. The van der Waals surface area contributed by atoms with Gasteiger partial charge in [0.1, 0.15) is 5.82 Å². The fourth-order valence-corrected chi connectivity index (χ4v) is 2.11. The molecule has 2 aromatic rings. The van der Waals surface area contributed by atoms with E-state index < -0.39 is 0 Å². The number of halogens is 1. The van der Waals surface area contributed by atoms with E-state index in [0.29, 0.717) is 12.1 Å². The Balaban J connectivity index is 2.13. The molecule has 0 aliphatic heterocycles. The number of nitrogens with one attached hydrogen (secondary N) is 1. The molecule has 0 aromatic heterocycles. The monoisotopic (exact) mass is 243 g/mol. The van der Waals surface area contributed by atoms with Crippen LogP contribution >= 0.6 is 0 Å². The zero-order valence-electron chi connectivity index (χ0n) is 11.0. The average Bonchev–Trinajstić information content (AvgIpc) is 2.29. The topological polar surface area (TPSA) is 12.0 Å². The molecule has 2 rings (SSSR count). The van der Waals surface area contributed by atoms with Gasteiger partial charge in [-0.1, -0.05) is 23.8 Å². The van der Waals surface area contributed by atoms with E-state index in [1.54, 1.807) is 6.07 Å². The third kappa shape index (κ3) is 3.10. The quantitative estimate of drug-likeness (QED) is 0.844. The summed E-state index contributed by atoms with van der Waals surface area (Å²) < 4.78 is 13.6. The van der Waals surface area contributed by atoms with Crippen LogP contribution in [0.15, 0.2) is 36.4 Å². The molecule has 94 valence electrons. The number of hydrogen-bond acceptors (Lipinski definition) is 1. The van der Waals surface area contributed by atoms with Gasteiger partial charge in [0.2, 0.25) is 0 Å². The van der Waals surface area contributed by atoms with Crippen LogP contribution in [0.3, 0.4) is 0 Å². The van der Waals surface area contributed by atoms with Crippen LogP contribution in [0.25, 0.3) is 0 Å². The number of benzene rings is 2. The minimum atomic E-state index is -0.155. The molecule has 0 saturated heterocycles. The summed E-state index contributed by atoms with van der Waals surface area (Å²) in [5.41, 5.74) is 5.24. The summed E-state index contributed by atoms with van der Waals surface area (Å²) in [5, 5.41) is 3.27. The summed E-state index contributed by atoms with van der Waals surface area (Å²) in [4.78, 5) is 0. The SMILES string of the molecule is Cc1cc(C)cc(NCc2cc(C)ccc2F)c1. The van der Waals surface area contributed by atoms with Crippen molar-refractivity contribution in [1.29, 1.82) is 0 Å². The number of aryl methyl sites for hydroxylation is 3. The molecule has 2 aromatic carbocycles. The predicted octanol–water partition coefficient (Wildman–Crippen LogP) is 4.36. The minimum Gasteiger partial charge on any atom is -0.381 e. The first-order chi connectivity index (χ1) is 8.54. The van der Waals surface area contributed by atoms with Crippen molar-refractivity contribution < 1.29 is 4.39 Å². The van der Waals surface area contributed by atoms with Gasteiger partial charge in [-0.15, -0.1) is 0 Å². The first-order valence-electron chi connectivity index (χ1n) is 6.12. The highest BCUT2D eigenvalue weighted by atomic mass is 19.1. The molecule has 18 heavy (non-hydrogen) atoms. The van der Waals surface area contributed by atoms with Crippen LogP contribution < -0.4 is 5.32 Å². The molecular formula is C16H18FN. The molecule has 0 aliphatic rings. The Morgan fingerprint density at radius 2 is 1.56 bits per heavy atom. The van der Waals surface area contributed by atoms with Gasteiger partial charge in [0.25, 0.3) is 0 Å². The average molecular weight is 243 g/mol. The Labute approximate surface area is 108 Å². The van der Waals surface area contributed by atoms with Gasteiger partial charge >= 0.3 is 0 Å². The van der Waals surface area contributed by atoms with Crippen molar-refractivity contribution in [3.63, 3.8) is 0 Å². The maximum absolute atomic E-state index is 13.6. The molecule has 0 spiro atoms. The van der Waals surface area contributed by atoms with E-state index in [2.05, 4.69) is 37.4 Å². The maximum atomic E-state index is 13.6. The van der Waals surface area contributed by atoms with Crippen LogP contribution in [0.4, 0.5) is 10.1 Å². The van der Waals surface area contributed by atoms with Crippen molar-refractivity contribution in [2.45, 2.75) is 27.3 Å². The van der Waals surface area contributed by atoms with Gasteiger partial charge < -0.3 is 5.32 Å². The van der Waals surface area contributed by atoms with Gasteiger partial charge in [0, 0.05) is 17.8 Å². The highest BCUT2D eigenvalue weighted by Crippen LogP contribution is 2.16. The van der Waals surface area contributed by atoms with Gasteiger partial charge in [0.05, 0.1) is 0 Å². The second-order valence-corrected chi connectivity index (χ2v) is 4.82. The maximum Gasteiger partial charge on any atom is 0.128 e. The van der Waals surface area contributed by atoms with Crippen molar-refractivity contribution >= 4 is 5.69 Å². The van der Waals surface area contributed by atoms with Crippen LogP contribution in [-0.2, 0) is 6.54 Å². The molecule has 2 heteroatoms. The minimum absolute atomic E-state index is 0.155. The van der Waals surface area contributed by atoms with E-state index in [1.165, 1.54) is 17.2 Å². The van der Waals surface area contributed by atoms with Crippen LogP contribution in [0.5, 0.6) is 0 Å². The van der Waals surface area contributed by atoms with Gasteiger partial charge in [0.15, 0.2) is 0 Å². The highest BCUT2D eigenvalue weighted by Gasteiger charge is 2.02. The van der Waals surface area contributed by atoms with Gasteiger partial charge in [-0.3, -0.25) is 0 Å². The van der Waals surface area contributed by atoms with Crippen LogP contribution in [0.2, 0.25) is 0 Å². The first-order valence-corrected chi connectivity index (χ1v) is 6.12. The van der Waals surface area contributed by atoms with E-state index in [4.69, 9.17) is 0 Å². The standard InChI is InChI=1S/C16H18FN/c1-11-4-5-16(17)14(7-11)10-18-15-8-12(2)6-13(3)9-15/h4-9,18H,10H2,1-3H3. The Kier molecular flexibility index (Phi) is 3.66. The molecular weight excluding hydrogens is 225 g/mol. The molecule has 0 amide bonds. The Bertz CT molecular complexity index is 541. The third-order valence-corrected chi connectivity index (χ3v) is 2.91. The highest BCUT2D eigenvalue weighted by molar-refractivity contribution is 5.48. The predicted molar refractivity (Wildman–Crippen MR) is 74.4 cm³/mol. The molecule has 0 unspecified atom stereocenters. The summed E-state index contributed by atoms with van der Waals surface area (Å²) in [7, 11) is 0. The second-order valence-electron chi connectivity index (χ2n) is 4.82. The molecule has 0 bridgehead atoms.